The Balaban J connectivity index is 1.23. The molecule has 0 radical (unpaired) electrons. The number of fused-ring (bicyclic) bond motifs is 2. The molecule has 1 saturated carbocycles. The van der Waals surface area contributed by atoms with Crippen molar-refractivity contribution in [1.82, 2.24) is 15.2 Å². The Morgan fingerprint density at radius 1 is 1.23 bits per heavy atom. The van der Waals surface area contributed by atoms with Gasteiger partial charge in [0.05, 0.1) is 0 Å². The van der Waals surface area contributed by atoms with Crippen molar-refractivity contribution in [2.45, 2.75) is 32.6 Å². The molecule has 26 heavy (non-hydrogen) atoms. The average Bonchev–Trinajstić information content (AvgIpc) is 3.17. The van der Waals surface area contributed by atoms with Gasteiger partial charge in [-0.1, -0.05) is 12.2 Å². The molecule has 0 spiro atoms. The number of carbonyl (C=O) groups is 1. The lowest BCUT2D eigenvalue weighted by Crippen LogP contribution is -2.42. The van der Waals surface area contributed by atoms with Crippen LogP contribution in [0.25, 0.3) is 0 Å². The molecule has 5 nitrogen and oxygen atoms in total. The van der Waals surface area contributed by atoms with Crippen LogP contribution in [-0.2, 0) is 0 Å². The Kier molecular flexibility index (Phi) is 5.14. The molecule has 1 aliphatic heterocycles. The fourth-order valence-corrected chi connectivity index (χ4v) is 4.81. The molecule has 1 aromatic rings. The molecule has 1 aromatic heterocycles. The van der Waals surface area contributed by atoms with Crippen molar-refractivity contribution in [3.63, 3.8) is 0 Å². The number of rotatable bonds is 4. The van der Waals surface area contributed by atoms with Crippen LogP contribution < -0.4 is 10.2 Å². The monoisotopic (exact) mass is 354 g/mol. The summed E-state index contributed by atoms with van der Waals surface area (Å²) in [5.41, 5.74) is 2.25. The fraction of sp³-hybridized carbons (Fsp3) is 0.619. The molecule has 2 bridgehead atoms. The highest BCUT2D eigenvalue weighted by Gasteiger charge is 2.35. The van der Waals surface area contributed by atoms with Gasteiger partial charge in [-0.3, -0.25) is 4.98 Å². The van der Waals surface area contributed by atoms with E-state index in [0.717, 1.165) is 69.0 Å². The standard InChI is InChI=1S/C21H30N4O/c1-16-13-20(6-8-22-16)24-9-2-10-25(12-11-24)21(26)23-7-5-19-15-17-3-4-18(19)14-17/h3-4,6,8,13,17-19H,2,5,7,9-12,14-15H2,1H3,(H,23,26)/t17-,18+,19-/m1/s1. The van der Waals surface area contributed by atoms with E-state index in [4.69, 9.17) is 0 Å². The minimum Gasteiger partial charge on any atom is -0.370 e. The summed E-state index contributed by atoms with van der Waals surface area (Å²) in [7, 11) is 0. The summed E-state index contributed by atoms with van der Waals surface area (Å²) in [5, 5.41) is 3.16. The highest BCUT2D eigenvalue weighted by Crippen LogP contribution is 2.44. The number of carbonyl (C=O) groups excluding carboxylic acids is 1. The van der Waals surface area contributed by atoms with Crippen molar-refractivity contribution in [3.8, 4) is 0 Å². The second-order valence-corrected chi connectivity index (χ2v) is 8.04. The van der Waals surface area contributed by atoms with E-state index in [9.17, 15) is 4.79 Å². The van der Waals surface area contributed by atoms with Gasteiger partial charge in [0, 0.05) is 50.3 Å². The smallest absolute Gasteiger partial charge is 0.317 e. The molecular weight excluding hydrogens is 324 g/mol. The van der Waals surface area contributed by atoms with Gasteiger partial charge in [-0.15, -0.1) is 0 Å². The van der Waals surface area contributed by atoms with Crippen LogP contribution in [0.1, 0.15) is 31.4 Å². The summed E-state index contributed by atoms with van der Waals surface area (Å²) in [6.45, 7) is 6.32. The van der Waals surface area contributed by atoms with Crippen molar-refractivity contribution in [3.05, 3.63) is 36.2 Å². The molecule has 5 heteroatoms. The number of nitrogens with one attached hydrogen (secondary N) is 1. The maximum atomic E-state index is 12.6. The number of aromatic nitrogens is 1. The zero-order valence-corrected chi connectivity index (χ0v) is 15.7. The van der Waals surface area contributed by atoms with Gasteiger partial charge in [0.25, 0.3) is 0 Å². The molecule has 4 rings (SSSR count). The van der Waals surface area contributed by atoms with Gasteiger partial charge < -0.3 is 15.1 Å². The van der Waals surface area contributed by atoms with Crippen LogP contribution in [0.15, 0.2) is 30.5 Å². The average molecular weight is 354 g/mol. The third-order valence-corrected chi connectivity index (χ3v) is 6.24. The highest BCUT2D eigenvalue weighted by molar-refractivity contribution is 5.74. The molecule has 1 saturated heterocycles. The van der Waals surface area contributed by atoms with Gasteiger partial charge in [-0.25, -0.2) is 4.79 Å². The molecule has 140 valence electrons. The van der Waals surface area contributed by atoms with Crippen LogP contribution in [0.3, 0.4) is 0 Å². The highest BCUT2D eigenvalue weighted by atomic mass is 16.2. The molecule has 1 N–H and O–H groups in total. The van der Waals surface area contributed by atoms with Crippen LogP contribution in [0.2, 0.25) is 0 Å². The summed E-state index contributed by atoms with van der Waals surface area (Å²) < 4.78 is 0. The maximum absolute atomic E-state index is 12.6. The van der Waals surface area contributed by atoms with E-state index in [1.807, 2.05) is 18.0 Å². The maximum Gasteiger partial charge on any atom is 0.317 e. The number of nitrogens with zero attached hydrogens (tertiary/aromatic N) is 3. The topological polar surface area (TPSA) is 48.5 Å². The number of pyridine rings is 1. The summed E-state index contributed by atoms with van der Waals surface area (Å²) >= 11 is 0. The number of anilines is 1. The Labute approximate surface area is 156 Å². The van der Waals surface area contributed by atoms with Gasteiger partial charge in [-0.2, -0.15) is 0 Å². The SMILES string of the molecule is Cc1cc(N2CCCN(C(=O)NCC[C@@H]3C[C@@H]4C=C[C@H]3C4)CC2)ccn1. The normalized spacial score (nSPS) is 27.7. The van der Waals surface area contributed by atoms with Crippen LogP contribution in [0.4, 0.5) is 10.5 Å². The quantitative estimate of drug-likeness (QED) is 0.845. The molecule has 2 aliphatic carbocycles. The predicted molar refractivity (Wildman–Crippen MR) is 104 cm³/mol. The minimum absolute atomic E-state index is 0.108. The zero-order chi connectivity index (χ0) is 17.9. The molecule has 0 aromatic carbocycles. The summed E-state index contributed by atoms with van der Waals surface area (Å²) in [6, 6.07) is 4.29. The lowest BCUT2D eigenvalue weighted by atomic mass is 9.91. The second kappa shape index (κ2) is 7.68. The Bertz CT molecular complexity index is 674. The van der Waals surface area contributed by atoms with Crippen molar-refractivity contribution >= 4 is 11.7 Å². The van der Waals surface area contributed by atoms with E-state index >= 15 is 0 Å². The van der Waals surface area contributed by atoms with Gasteiger partial charge in [0.2, 0.25) is 0 Å². The molecule has 0 unspecified atom stereocenters. The molecule has 3 atom stereocenters. The predicted octanol–water partition coefficient (Wildman–Crippen LogP) is 3.21. The van der Waals surface area contributed by atoms with Gasteiger partial charge in [0.1, 0.15) is 0 Å². The molecule has 2 amide bonds. The minimum atomic E-state index is 0.108. The molecule has 3 aliphatic rings. The zero-order valence-electron chi connectivity index (χ0n) is 15.7. The summed E-state index contributed by atoms with van der Waals surface area (Å²) in [5.74, 6) is 2.36. The number of amides is 2. The number of hydrogen-bond acceptors (Lipinski definition) is 3. The lowest BCUT2D eigenvalue weighted by molar-refractivity contribution is 0.200. The van der Waals surface area contributed by atoms with Crippen LogP contribution in [0, 0.1) is 24.7 Å². The molecule has 2 heterocycles. The molecule has 2 fully saturated rings. The number of allylic oxidation sites excluding steroid dienone is 2. The first-order chi connectivity index (χ1) is 12.7. The summed E-state index contributed by atoms with van der Waals surface area (Å²) in [4.78, 5) is 21.2. The van der Waals surface area contributed by atoms with Crippen LogP contribution in [-0.4, -0.2) is 48.6 Å². The number of aryl methyl sites for hydroxylation is 1. The first-order valence-corrected chi connectivity index (χ1v) is 10.1. The summed E-state index contributed by atoms with van der Waals surface area (Å²) in [6.07, 6.45) is 11.4. The second-order valence-electron chi connectivity index (χ2n) is 8.04. The van der Waals surface area contributed by atoms with E-state index < -0.39 is 0 Å². The third kappa shape index (κ3) is 3.87. The van der Waals surface area contributed by atoms with Gasteiger partial charge in [0.15, 0.2) is 0 Å². The van der Waals surface area contributed by atoms with Crippen molar-refractivity contribution < 1.29 is 4.79 Å². The Morgan fingerprint density at radius 2 is 2.15 bits per heavy atom. The fourth-order valence-electron chi connectivity index (χ4n) is 4.81. The van der Waals surface area contributed by atoms with Gasteiger partial charge in [-0.05, 0) is 62.5 Å². The van der Waals surface area contributed by atoms with Gasteiger partial charge >= 0.3 is 6.03 Å². The Morgan fingerprint density at radius 3 is 2.92 bits per heavy atom. The van der Waals surface area contributed by atoms with E-state index in [1.54, 1.807) is 0 Å². The lowest BCUT2D eigenvalue weighted by Gasteiger charge is -2.24. The largest absolute Gasteiger partial charge is 0.370 e. The molecular formula is C21H30N4O. The van der Waals surface area contributed by atoms with Crippen LogP contribution in [0.5, 0.6) is 0 Å². The van der Waals surface area contributed by atoms with Crippen molar-refractivity contribution in [2.24, 2.45) is 17.8 Å². The number of hydrogen-bond donors (Lipinski definition) is 1. The Hall–Kier alpha value is -2.04. The first kappa shape index (κ1) is 17.4. The van der Waals surface area contributed by atoms with E-state index in [1.165, 1.54) is 18.5 Å². The number of urea groups is 1. The van der Waals surface area contributed by atoms with Crippen LogP contribution >= 0.6 is 0 Å². The van der Waals surface area contributed by atoms with Crippen molar-refractivity contribution in [2.75, 3.05) is 37.6 Å². The third-order valence-electron chi connectivity index (χ3n) is 6.24. The first-order valence-electron chi connectivity index (χ1n) is 10.1. The van der Waals surface area contributed by atoms with Crippen molar-refractivity contribution in [1.29, 1.82) is 0 Å². The van der Waals surface area contributed by atoms with E-state index in [2.05, 4.69) is 39.5 Å². The van der Waals surface area contributed by atoms with E-state index in [0.29, 0.717) is 0 Å². The van der Waals surface area contributed by atoms with E-state index in [-0.39, 0.29) is 6.03 Å².